The zero-order valence-electron chi connectivity index (χ0n) is 13.3. The molecule has 1 aliphatic rings. The molecule has 0 spiro atoms. The van der Waals surface area contributed by atoms with Gasteiger partial charge in [-0.2, -0.15) is 0 Å². The molecular weight excluding hydrogens is 244 g/mol. The zero-order chi connectivity index (χ0) is 14.4. The van der Waals surface area contributed by atoms with E-state index in [2.05, 4.69) is 61.3 Å². The first-order valence-corrected chi connectivity index (χ1v) is 8.28. The van der Waals surface area contributed by atoms with Crippen LogP contribution >= 0.6 is 0 Å². The average molecular weight is 274 g/mol. The van der Waals surface area contributed by atoms with Gasteiger partial charge in [-0.15, -0.1) is 0 Å². The molecule has 2 heteroatoms. The largest absolute Gasteiger partial charge is 0.313 e. The second-order valence-corrected chi connectivity index (χ2v) is 6.13. The van der Waals surface area contributed by atoms with Gasteiger partial charge < -0.3 is 5.32 Å². The maximum absolute atomic E-state index is 3.70. The van der Waals surface area contributed by atoms with E-state index in [4.69, 9.17) is 0 Å². The van der Waals surface area contributed by atoms with Gasteiger partial charge in [0.25, 0.3) is 0 Å². The second-order valence-electron chi connectivity index (χ2n) is 6.13. The van der Waals surface area contributed by atoms with E-state index in [1.54, 1.807) is 0 Å². The van der Waals surface area contributed by atoms with Crippen LogP contribution in [0.5, 0.6) is 0 Å². The van der Waals surface area contributed by atoms with Crippen LogP contribution in [-0.2, 0) is 0 Å². The molecule has 1 heterocycles. The van der Waals surface area contributed by atoms with E-state index in [1.165, 1.54) is 37.8 Å². The van der Waals surface area contributed by atoms with Crippen molar-refractivity contribution in [2.24, 2.45) is 0 Å². The van der Waals surface area contributed by atoms with E-state index in [-0.39, 0.29) is 0 Å². The zero-order valence-corrected chi connectivity index (χ0v) is 13.3. The van der Waals surface area contributed by atoms with Crippen molar-refractivity contribution in [2.45, 2.75) is 64.6 Å². The maximum atomic E-state index is 3.70. The summed E-state index contributed by atoms with van der Waals surface area (Å²) in [5, 5.41) is 3.70. The molecule has 20 heavy (non-hydrogen) atoms. The molecule has 3 unspecified atom stereocenters. The lowest BCUT2D eigenvalue weighted by Gasteiger charge is -2.43. The Hall–Kier alpha value is -0.860. The molecular formula is C18H30N2. The van der Waals surface area contributed by atoms with Crippen molar-refractivity contribution in [1.82, 2.24) is 10.2 Å². The van der Waals surface area contributed by atoms with Gasteiger partial charge in [-0.1, -0.05) is 43.7 Å². The SMILES string of the molecule is CCCNC(C)C1CCCCN1C(C)c1ccccc1. The molecule has 1 aromatic carbocycles. The van der Waals surface area contributed by atoms with Crippen LogP contribution in [-0.4, -0.2) is 30.1 Å². The highest BCUT2D eigenvalue weighted by Crippen LogP contribution is 2.29. The van der Waals surface area contributed by atoms with E-state index in [1.807, 2.05) is 0 Å². The second kappa shape index (κ2) is 7.80. The van der Waals surface area contributed by atoms with Crippen molar-refractivity contribution in [3.63, 3.8) is 0 Å². The summed E-state index contributed by atoms with van der Waals surface area (Å²) in [6, 6.07) is 12.7. The first kappa shape index (κ1) is 15.5. The van der Waals surface area contributed by atoms with Gasteiger partial charge in [0.1, 0.15) is 0 Å². The Morgan fingerprint density at radius 3 is 2.65 bits per heavy atom. The van der Waals surface area contributed by atoms with Crippen LogP contribution in [0.4, 0.5) is 0 Å². The minimum Gasteiger partial charge on any atom is -0.313 e. The Kier molecular flexibility index (Phi) is 6.06. The predicted molar refractivity (Wildman–Crippen MR) is 87.0 cm³/mol. The first-order valence-electron chi connectivity index (χ1n) is 8.28. The fraction of sp³-hybridized carbons (Fsp3) is 0.667. The Labute approximate surface area is 124 Å². The predicted octanol–water partition coefficient (Wildman–Crippen LogP) is 3.99. The summed E-state index contributed by atoms with van der Waals surface area (Å²) in [5.41, 5.74) is 1.45. The molecule has 112 valence electrons. The smallest absolute Gasteiger partial charge is 0.0323 e. The van der Waals surface area contributed by atoms with Crippen LogP contribution in [0, 0.1) is 0 Å². The monoisotopic (exact) mass is 274 g/mol. The van der Waals surface area contributed by atoms with E-state index < -0.39 is 0 Å². The van der Waals surface area contributed by atoms with Crippen molar-refractivity contribution in [1.29, 1.82) is 0 Å². The van der Waals surface area contributed by atoms with Crippen molar-refractivity contribution in [3.05, 3.63) is 35.9 Å². The number of hydrogen-bond donors (Lipinski definition) is 1. The molecule has 3 atom stereocenters. The third kappa shape index (κ3) is 3.83. The van der Waals surface area contributed by atoms with Gasteiger partial charge >= 0.3 is 0 Å². The molecule has 1 aliphatic heterocycles. The standard InChI is InChI=1S/C18H30N2/c1-4-13-19-15(2)18-12-8-9-14-20(18)16(3)17-10-6-5-7-11-17/h5-7,10-11,15-16,18-19H,4,8-9,12-14H2,1-3H3. The fourth-order valence-corrected chi connectivity index (χ4v) is 3.43. The number of benzene rings is 1. The maximum Gasteiger partial charge on any atom is 0.0323 e. The average Bonchev–Trinajstić information content (AvgIpc) is 2.52. The Bertz CT molecular complexity index is 376. The lowest BCUT2D eigenvalue weighted by atomic mass is 9.93. The minimum atomic E-state index is 0.521. The number of nitrogens with zero attached hydrogens (tertiary/aromatic N) is 1. The Balaban J connectivity index is 2.06. The topological polar surface area (TPSA) is 15.3 Å². The summed E-state index contributed by atoms with van der Waals surface area (Å²) in [5.74, 6) is 0. The van der Waals surface area contributed by atoms with Gasteiger partial charge in [-0.25, -0.2) is 0 Å². The number of likely N-dealkylation sites (tertiary alicyclic amines) is 1. The molecule has 2 rings (SSSR count). The van der Waals surface area contributed by atoms with E-state index >= 15 is 0 Å². The molecule has 1 fully saturated rings. The van der Waals surface area contributed by atoms with E-state index in [9.17, 15) is 0 Å². The molecule has 0 amide bonds. The molecule has 1 aromatic rings. The Morgan fingerprint density at radius 1 is 1.20 bits per heavy atom. The normalized spacial score (nSPS) is 23.4. The van der Waals surface area contributed by atoms with Gasteiger partial charge in [0.2, 0.25) is 0 Å². The van der Waals surface area contributed by atoms with Crippen LogP contribution < -0.4 is 5.32 Å². The number of piperidine rings is 1. The molecule has 0 aromatic heterocycles. The van der Waals surface area contributed by atoms with Gasteiger partial charge in [0, 0.05) is 18.1 Å². The Morgan fingerprint density at radius 2 is 1.95 bits per heavy atom. The summed E-state index contributed by atoms with van der Waals surface area (Å²) >= 11 is 0. The third-order valence-electron chi connectivity index (χ3n) is 4.67. The summed E-state index contributed by atoms with van der Waals surface area (Å²) in [6.45, 7) is 9.33. The van der Waals surface area contributed by atoms with Crippen LogP contribution in [0.25, 0.3) is 0 Å². The van der Waals surface area contributed by atoms with Crippen LogP contribution in [0.1, 0.15) is 58.1 Å². The summed E-state index contributed by atoms with van der Waals surface area (Å²) in [4.78, 5) is 2.71. The number of nitrogens with one attached hydrogen (secondary N) is 1. The van der Waals surface area contributed by atoms with Gasteiger partial charge in [0.05, 0.1) is 0 Å². The molecule has 2 nitrogen and oxygen atoms in total. The molecule has 0 aliphatic carbocycles. The van der Waals surface area contributed by atoms with Crippen molar-refractivity contribution >= 4 is 0 Å². The van der Waals surface area contributed by atoms with Crippen LogP contribution in [0.3, 0.4) is 0 Å². The number of hydrogen-bond acceptors (Lipinski definition) is 2. The van der Waals surface area contributed by atoms with Gasteiger partial charge in [0.15, 0.2) is 0 Å². The van der Waals surface area contributed by atoms with Gasteiger partial charge in [-0.05, 0) is 51.8 Å². The van der Waals surface area contributed by atoms with Gasteiger partial charge in [-0.3, -0.25) is 4.90 Å². The molecule has 0 saturated carbocycles. The summed E-state index contributed by atoms with van der Waals surface area (Å²) in [7, 11) is 0. The summed E-state index contributed by atoms with van der Waals surface area (Å²) in [6.07, 6.45) is 5.26. The van der Waals surface area contributed by atoms with Crippen molar-refractivity contribution < 1.29 is 0 Å². The molecule has 1 N–H and O–H groups in total. The lowest BCUT2D eigenvalue weighted by molar-refractivity contribution is 0.0799. The quantitative estimate of drug-likeness (QED) is 0.844. The lowest BCUT2D eigenvalue weighted by Crippen LogP contribution is -2.51. The highest BCUT2D eigenvalue weighted by Gasteiger charge is 2.30. The molecule has 1 saturated heterocycles. The van der Waals surface area contributed by atoms with E-state index in [0.29, 0.717) is 18.1 Å². The highest BCUT2D eigenvalue weighted by atomic mass is 15.2. The van der Waals surface area contributed by atoms with Crippen LogP contribution in [0.2, 0.25) is 0 Å². The first-order chi connectivity index (χ1) is 9.74. The fourth-order valence-electron chi connectivity index (χ4n) is 3.43. The van der Waals surface area contributed by atoms with E-state index in [0.717, 1.165) is 6.54 Å². The molecule has 0 radical (unpaired) electrons. The minimum absolute atomic E-state index is 0.521. The highest BCUT2D eigenvalue weighted by molar-refractivity contribution is 5.18. The van der Waals surface area contributed by atoms with Crippen molar-refractivity contribution in [3.8, 4) is 0 Å². The molecule has 0 bridgehead atoms. The summed E-state index contributed by atoms with van der Waals surface area (Å²) < 4.78 is 0. The third-order valence-corrected chi connectivity index (χ3v) is 4.67. The van der Waals surface area contributed by atoms with Crippen molar-refractivity contribution in [2.75, 3.05) is 13.1 Å². The number of rotatable bonds is 6. The van der Waals surface area contributed by atoms with Crippen LogP contribution in [0.15, 0.2) is 30.3 Å².